The van der Waals surface area contributed by atoms with E-state index in [0.717, 1.165) is 10.4 Å². The van der Waals surface area contributed by atoms with Crippen LogP contribution >= 0.6 is 0 Å². The van der Waals surface area contributed by atoms with Gasteiger partial charge in [-0.15, -0.1) is 0 Å². The van der Waals surface area contributed by atoms with E-state index >= 15 is 0 Å². The minimum atomic E-state index is -4.30. The monoisotopic (exact) mass is 445 g/mol. The summed E-state index contributed by atoms with van der Waals surface area (Å²) in [6.07, 6.45) is 0. The van der Waals surface area contributed by atoms with Gasteiger partial charge in [0.15, 0.2) is 0 Å². The summed E-state index contributed by atoms with van der Waals surface area (Å²) in [5, 5.41) is 0. The standard InChI is InChI=1S/C23H24FNO5S/c1-16(20-15-19(29-3)12-13-22(20)30-4)25(17-8-7-9-18(14-17)28-2)31(26,27)23-11-6-5-10-21(23)24/h5-16H,1-4H3/t16-/m1/s1. The van der Waals surface area contributed by atoms with Crippen molar-refractivity contribution in [2.75, 3.05) is 25.6 Å². The fourth-order valence-electron chi connectivity index (χ4n) is 3.37. The van der Waals surface area contributed by atoms with Crippen LogP contribution in [0.25, 0.3) is 0 Å². The number of halogens is 1. The number of ether oxygens (including phenoxy) is 3. The van der Waals surface area contributed by atoms with Gasteiger partial charge >= 0.3 is 0 Å². The van der Waals surface area contributed by atoms with Crippen LogP contribution in [0.1, 0.15) is 18.5 Å². The Morgan fingerprint density at radius 2 is 1.52 bits per heavy atom. The molecule has 0 unspecified atom stereocenters. The third-order valence-electron chi connectivity index (χ3n) is 4.92. The van der Waals surface area contributed by atoms with Crippen LogP contribution in [0.2, 0.25) is 0 Å². The minimum absolute atomic E-state index is 0.319. The molecule has 3 aromatic rings. The van der Waals surface area contributed by atoms with E-state index in [1.54, 1.807) is 49.4 Å². The molecule has 0 aliphatic heterocycles. The maximum atomic E-state index is 14.6. The molecule has 0 N–H and O–H groups in total. The van der Waals surface area contributed by atoms with Crippen molar-refractivity contribution in [3.8, 4) is 17.2 Å². The summed E-state index contributed by atoms with van der Waals surface area (Å²) >= 11 is 0. The Morgan fingerprint density at radius 1 is 0.839 bits per heavy atom. The first kappa shape index (κ1) is 22.4. The van der Waals surface area contributed by atoms with Crippen LogP contribution in [0.5, 0.6) is 17.2 Å². The number of rotatable bonds is 8. The van der Waals surface area contributed by atoms with Crippen LogP contribution < -0.4 is 18.5 Å². The van der Waals surface area contributed by atoms with Crippen LogP contribution in [-0.4, -0.2) is 29.7 Å². The molecule has 3 rings (SSSR count). The number of benzene rings is 3. The summed E-state index contributed by atoms with van der Waals surface area (Å²) in [6, 6.07) is 16.2. The van der Waals surface area contributed by atoms with Crippen molar-refractivity contribution >= 4 is 15.7 Å². The van der Waals surface area contributed by atoms with Crippen molar-refractivity contribution in [2.45, 2.75) is 17.9 Å². The quantitative estimate of drug-likeness (QED) is 0.498. The second-order valence-electron chi connectivity index (χ2n) is 6.72. The Bertz CT molecular complexity index is 1170. The Hall–Kier alpha value is -3.26. The molecular weight excluding hydrogens is 421 g/mol. The molecule has 31 heavy (non-hydrogen) atoms. The molecule has 0 amide bonds. The maximum absolute atomic E-state index is 14.6. The van der Waals surface area contributed by atoms with Gasteiger partial charge in [0, 0.05) is 11.6 Å². The van der Waals surface area contributed by atoms with E-state index in [9.17, 15) is 12.8 Å². The van der Waals surface area contributed by atoms with Gasteiger partial charge < -0.3 is 14.2 Å². The zero-order valence-electron chi connectivity index (χ0n) is 17.7. The predicted octanol–water partition coefficient (Wildman–Crippen LogP) is 4.81. The molecular formula is C23H24FNO5S. The summed E-state index contributed by atoms with van der Waals surface area (Å²) in [6.45, 7) is 1.70. The van der Waals surface area contributed by atoms with Gasteiger partial charge in [0.1, 0.15) is 28.0 Å². The lowest BCUT2D eigenvalue weighted by molar-refractivity contribution is 0.396. The average molecular weight is 446 g/mol. The van der Waals surface area contributed by atoms with Crippen LogP contribution in [0.15, 0.2) is 71.6 Å². The van der Waals surface area contributed by atoms with E-state index in [2.05, 4.69) is 0 Å². The summed E-state index contributed by atoms with van der Waals surface area (Å²) < 4.78 is 59.2. The number of anilines is 1. The predicted molar refractivity (Wildman–Crippen MR) is 117 cm³/mol. The average Bonchev–Trinajstić information content (AvgIpc) is 2.78. The van der Waals surface area contributed by atoms with E-state index in [0.29, 0.717) is 28.5 Å². The molecule has 0 fully saturated rings. The molecule has 1 atom stereocenters. The SMILES string of the molecule is COc1cccc(N([C@H](C)c2cc(OC)ccc2OC)S(=O)(=O)c2ccccc2F)c1. The van der Waals surface area contributed by atoms with Crippen LogP contribution in [-0.2, 0) is 10.0 Å². The lowest BCUT2D eigenvalue weighted by atomic mass is 10.1. The third-order valence-corrected chi connectivity index (χ3v) is 6.85. The van der Waals surface area contributed by atoms with Crippen molar-refractivity contribution < 1.29 is 27.0 Å². The summed E-state index contributed by atoms with van der Waals surface area (Å²) in [7, 11) is 0.213. The molecule has 0 radical (unpaired) electrons. The van der Waals surface area contributed by atoms with E-state index in [-0.39, 0.29) is 0 Å². The van der Waals surface area contributed by atoms with E-state index in [1.807, 2.05) is 0 Å². The molecule has 0 spiro atoms. The Balaban J connectivity index is 2.25. The van der Waals surface area contributed by atoms with E-state index in [1.165, 1.54) is 39.5 Å². The van der Waals surface area contributed by atoms with Crippen molar-refractivity contribution in [1.29, 1.82) is 0 Å². The van der Waals surface area contributed by atoms with Crippen LogP contribution in [0.4, 0.5) is 10.1 Å². The van der Waals surface area contributed by atoms with E-state index in [4.69, 9.17) is 14.2 Å². The summed E-state index contributed by atoms with van der Waals surface area (Å²) in [4.78, 5) is -0.425. The molecule has 0 aliphatic rings. The molecule has 0 aromatic heterocycles. The molecule has 0 aliphatic carbocycles. The summed E-state index contributed by atoms with van der Waals surface area (Å²) in [5.74, 6) is 0.651. The highest BCUT2D eigenvalue weighted by Crippen LogP contribution is 2.39. The van der Waals surface area contributed by atoms with Crippen molar-refractivity contribution in [1.82, 2.24) is 0 Å². The molecule has 0 saturated carbocycles. The Morgan fingerprint density at radius 3 is 2.16 bits per heavy atom. The normalized spacial score (nSPS) is 12.2. The first-order valence-electron chi connectivity index (χ1n) is 9.48. The molecule has 164 valence electrons. The number of nitrogens with zero attached hydrogens (tertiary/aromatic N) is 1. The molecule has 6 nitrogen and oxygen atoms in total. The van der Waals surface area contributed by atoms with Gasteiger partial charge in [0.25, 0.3) is 10.0 Å². The van der Waals surface area contributed by atoms with Crippen molar-refractivity contribution in [2.24, 2.45) is 0 Å². The highest BCUT2D eigenvalue weighted by Gasteiger charge is 2.34. The third kappa shape index (κ3) is 4.44. The van der Waals surface area contributed by atoms with Gasteiger partial charge in [-0.1, -0.05) is 18.2 Å². The Labute approximate surface area is 181 Å². The lowest BCUT2D eigenvalue weighted by Gasteiger charge is -2.32. The minimum Gasteiger partial charge on any atom is -0.497 e. The zero-order chi connectivity index (χ0) is 22.6. The van der Waals surface area contributed by atoms with Gasteiger partial charge in [-0.2, -0.15) is 0 Å². The molecule has 0 bridgehead atoms. The molecule has 0 heterocycles. The van der Waals surface area contributed by atoms with E-state index < -0.39 is 26.8 Å². The largest absolute Gasteiger partial charge is 0.497 e. The van der Waals surface area contributed by atoms with Crippen molar-refractivity contribution in [3.63, 3.8) is 0 Å². The number of hydrogen-bond acceptors (Lipinski definition) is 5. The number of hydrogen-bond donors (Lipinski definition) is 0. The number of methoxy groups -OCH3 is 3. The second-order valence-corrected chi connectivity index (χ2v) is 8.50. The first-order chi connectivity index (χ1) is 14.8. The first-order valence-corrected chi connectivity index (χ1v) is 10.9. The highest BCUT2D eigenvalue weighted by atomic mass is 32.2. The van der Waals surface area contributed by atoms with Gasteiger partial charge in [0.2, 0.25) is 0 Å². The Kier molecular flexibility index (Phi) is 6.70. The molecule has 8 heteroatoms. The lowest BCUT2D eigenvalue weighted by Crippen LogP contribution is -2.34. The fraction of sp³-hybridized carbons (Fsp3) is 0.217. The highest BCUT2D eigenvalue weighted by molar-refractivity contribution is 7.92. The van der Waals surface area contributed by atoms with Gasteiger partial charge in [-0.25, -0.2) is 12.8 Å². The smallest absolute Gasteiger partial charge is 0.267 e. The van der Waals surface area contributed by atoms with Crippen LogP contribution in [0, 0.1) is 5.82 Å². The second kappa shape index (κ2) is 9.26. The number of sulfonamides is 1. The van der Waals surface area contributed by atoms with Crippen molar-refractivity contribution in [3.05, 3.63) is 78.1 Å². The van der Waals surface area contributed by atoms with Crippen LogP contribution in [0.3, 0.4) is 0 Å². The fourth-order valence-corrected chi connectivity index (χ4v) is 5.07. The summed E-state index contributed by atoms with van der Waals surface area (Å²) in [5.41, 5.74) is 0.879. The topological polar surface area (TPSA) is 65.1 Å². The van der Waals surface area contributed by atoms with Gasteiger partial charge in [-0.05, 0) is 49.4 Å². The zero-order valence-corrected chi connectivity index (χ0v) is 18.5. The molecule has 3 aromatic carbocycles. The molecule has 0 saturated heterocycles. The van der Waals surface area contributed by atoms with Gasteiger partial charge in [-0.3, -0.25) is 4.31 Å². The maximum Gasteiger partial charge on any atom is 0.267 e. The van der Waals surface area contributed by atoms with Gasteiger partial charge in [0.05, 0.1) is 33.1 Å².